The molecule has 0 unspecified atom stereocenters. The molecule has 1 aliphatic heterocycles. The number of piperazine rings is 1. The van der Waals surface area contributed by atoms with Gasteiger partial charge in [0.05, 0.1) is 11.4 Å². The number of hydrogen-bond donors (Lipinski definition) is 0. The smallest absolute Gasteiger partial charge is 0.163 e. The van der Waals surface area contributed by atoms with Crippen LogP contribution >= 0.6 is 11.6 Å². The fraction of sp³-hybridized carbons (Fsp3) is 0.160. The van der Waals surface area contributed by atoms with Gasteiger partial charge in [0, 0.05) is 60.8 Å². The van der Waals surface area contributed by atoms with Crippen molar-refractivity contribution in [3.8, 4) is 22.6 Å². The van der Waals surface area contributed by atoms with Gasteiger partial charge in [-0.2, -0.15) is 0 Å². The average Bonchev–Trinajstić information content (AvgIpc) is 2.85. The van der Waals surface area contributed by atoms with E-state index in [0.29, 0.717) is 29.6 Å². The molecule has 0 radical (unpaired) electrons. The molecule has 2 aromatic carbocycles. The van der Waals surface area contributed by atoms with Gasteiger partial charge in [0.25, 0.3) is 0 Å². The summed E-state index contributed by atoms with van der Waals surface area (Å²) < 4.78 is 14.2. The van der Waals surface area contributed by atoms with Crippen LogP contribution in [0.1, 0.15) is 0 Å². The third kappa shape index (κ3) is 4.27. The van der Waals surface area contributed by atoms with Crippen LogP contribution in [-0.4, -0.2) is 41.1 Å². The Hall–Kier alpha value is -3.51. The van der Waals surface area contributed by atoms with Crippen molar-refractivity contribution in [1.29, 1.82) is 0 Å². The SMILES string of the molecule is Fc1ccccc1N1CCN(c2cc(-c3ccc(Cl)cc3)nc(-c3cccnc3)n2)CC1. The fourth-order valence-corrected chi connectivity index (χ4v) is 4.00. The summed E-state index contributed by atoms with van der Waals surface area (Å²) in [6, 6.07) is 20.4. The summed E-state index contributed by atoms with van der Waals surface area (Å²) in [4.78, 5) is 18.1. The summed E-state index contributed by atoms with van der Waals surface area (Å²) in [5.41, 5.74) is 3.29. The number of para-hydroxylation sites is 1. The zero-order chi connectivity index (χ0) is 21.9. The molecular weight excluding hydrogens is 425 g/mol. The maximum absolute atomic E-state index is 14.2. The van der Waals surface area contributed by atoms with E-state index in [2.05, 4.69) is 14.8 Å². The Kier molecular flexibility index (Phi) is 5.69. The van der Waals surface area contributed by atoms with Crippen molar-refractivity contribution in [2.75, 3.05) is 36.0 Å². The molecule has 1 fully saturated rings. The monoisotopic (exact) mass is 445 g/mol. The number of aromatic nitrogens is 3. The molecule has 0 aliphatic carbocycles. The molecule has 0 atom stereocenters. The maximum Gasteiger partial charge on any atom is 0.163 e. The highest BCUT2D eigenvalue weighted by molar-refractivity contribution is 6.30. The Morgan fingerprint density at radius 2 is 1.53 bits per heavy atom. The molecule has 0 N–H and O–H groups in total. The lowest BCUT2D eigenvalue weighted by atomic mass is 10.1. The summed E-state index contributed by atoms with van der Waals surface area (Å²) in [7, 11) is 0. The van der Waals surface area contributed by atoms with E-state index >= 15 is 0 Å². The molecular formula is C25H21ClFN5. The van der Waals surface area contributed by atoms with Crippen LogP contribution < -0.4 is 9.80 Å². The molecule has 5 rings (SSSR count). The van der Waals surface area contributed by atoms with Gasteiger partial charge in [0.2, 0.25) is 0 Å². The molecule has 0 saturated carbocycles. The third-order valence-corrected chi connectivity index (χ3v) is 5.82. The summed E-state index contributed by atoms with van der Waals surface area (Å²) in [6.45, 7) is 2.89. The minimum atomic E-state index is -0.188. The molecule has 32 heavy (non-hydrogen) atoms. The molecule has 160 valence electrons. The van der Waals surface area contributed by atoms with E-state index in [4.69, 9.17) is 21.6 Å². The van der Waals surface area contributed by atoms with Gasteiger partial charge in [-0.3, -0.25) is 4.98 Å². The van der Waals surface area contributed by atoms with Crippen LogP contribution in [-0.2, 0) is 0 Å². The summed E-state index contributed by atoms with van der Waals surface area (Å²) >= 11 is 6.07. The minimum absolute atomic E-state index is 0.188. The van der Waals surface area contributed by atoms with Crippen molar-refractivity contribution in [2.24, 2.45) is 0 Å². The van der Waals surface area contributed by atoms with E-state index in [1.165, 1.54) is 6.07 Å². The first kappa shape index (κ1) is 20.4. The average molecular weight is 446 g/mol. The lowest BCUT2D eigenvalue weighted by molar-refractivity contribution is 0.596. The first-order valence-corrected chi connectivity index (χ1v) is 10.8. The summed E-state index contributed by atoms with van der Waals surface area (Å²) in [5, 5.41) is 0.680. The molecule has 1 saturated heterocycles. The van der Waals surface area contributed by atoms with Crippen LogP contribution in [0, 0.1) is 5.82 Å². The van der Waals surface area contributed by atoms with E-state index in [1.54, 1.807) is 18.5 Å². The van der Waals surface area contributed by atoms with Crippen molar-refractivity contribution in [2.45, 2.75) is 0 Å². The Morgan fingerprint density at radius 3 is 2.25 bits per heavy atom. The topological polar surface area (TPSA) is 45.2 Å². The Balaban J connectivity index is 1.46. The van der Waals surface area contributed by atoms with Gasteiger partial charge in [-0.25, -0.2) is 14.4 Å². The molecule has 4 aromatic rings. The van der Waals surface area contributed by atoms with Crippen LogP contribution in [0.2, 0.25) is 5.02 Å². The van der Waals surface area contributed by atoms with Gasteiger partial charge in [-0.1, -0.05) is 35.9 Å². The van der Waals surface area contributed by atoms with Gasteiger partial charge in [0.15, 0.2) is 5.82 Å². The Labute approximate surface area is 191 Å². The molecule has 0 spiro atoms. The fourth-order valence-electron chi connectivity index (χ4n) is 3.87. The highest BCUT2D eigenvalue weighted by Gasteiger charge is 2.21. The van der Waals surface area contributed by atoms with Crippen molar-refractivity contribution in [1.82, 2.24) is 15.0 Å². The van der Waals surface area contributed by atoms with Crippen LogP contribution in [0.25, 0.3) is 22.6 Å². The van der Waals surface area contributed by atoms with E-state index < -0.39 is 0 Å². The molecule has 3 heterocycles. The number of pyridine rings is 1. The second-order valence-corrected chi connectivity index (χ2v) is 8.05. The quantitative estimate of drug-likeness (QED) is 0.425. The second kappa shape index (κ2) is 8.93. The molecule has 0 amide bonds. The minimum Gasteiger partial charge on any atom is -0.366 e. The molecule has 0 bridgehead atoms. The van der Waals surface area contributed by atoms with E-state index in [9.17, 15) is 4.39 Å². The van der Waals surface area contributed by atoms with E-state index in [-0.39, 0.29) is 5.82 Å². The zero-order valence-corrected chi connectivity index (χ0v) is 18.1. The van der Waals surface area contributed by atoms with Crippen LogP contribution in [0.15, 0.2) is 79.1 Å². The molecule has 7 heteroatoms. The van der Waals surface area contributed by atoms with Crippen molar-refractivity contribution in [3.05, 3.63) is 90.0 Å². The van der Waals surface area contributed by atoms with Gasteiger partial charge < -0.3 is 9.80 Å². The Morgan fingerprint density at radius 1 is 0.781 bits per heavy atom. The standard InChI is InChI=1S/C25H21ClFN5/c26-20-9-7-18(8-10-20)22-16-24(30-25(29-22)19-4-3-11-28-17-19)32-14-12-31(13-15-32)23-6-2-1-5-21(23)27/h1-11,16-17H,12-15H2. The van der Waals surface area contributed by atoms with Crippen molar-refractivity contribution >= 4 is 23.1 Å². The largest absolute Gasteiger partial charge is 0.366 e. The van der Waals surface area contributed by atoms with Crippen molar-refractivity contribution in [3.63, 3.8) is 0 Å². The number of halogens is 2. The van der Waals surface area contributed by atoms with Gasteiger partial charge in [-0.15, -0.1) is 0 Å². The van der Waals surface area contributed by atoms with Crippen LogP contribution in [0.5, 0.6) is 0 Å². The summed E-state index contributed by atoms with van der Waals surface area (Å²) in [6.07, 6.45) is 3.50. The normalized spacial score (nSPS) is 13.9. The predicted molar refractivity (Wildman–Crippen MR) is 127 cm³/mol. The second-order valence-electron chi connectivity index (χ2n) is 7.61. The van der Waals surface area contributed by atoms with Crippen molar-refractivity contribution < 1.29 is 4.39 Å². The lowest BCUT2D eigenvalue weighted by Gasteiger charge is -2.37. The number of rotatable bonds is 4. The highest BCUT2D eigenvalue weighted by Crippen LogP contribution is 2.28. The summed E-state index contributed by atoms with van der Waals surface area (Å²) in [5.74, 6) is 1.28. The number of benzene rings is 2. The van der Waals surface area contributed by atoms with Gasteiger partial charge in [-0.05, 0) is 36.4 Å². The third-order valence-electron chi connectivity index (χ3n) is 5.57. The molecule has 1 aliphatic rings. The lowest BCUT2D eigenvalue weighted by Crippen LogP contribution is -2.47. The van der Waals surface area contributed by atoms with Crippen LogP contribution in [0.4, 0.5) is 15.9 Å². The van der Waals surface area contributed by atoms with E-state index in [0.717, 1.165) is 35.7 Å². The van der Waals surface area contributed by atoms with E-state index in [1.807, 2.05) is 54.6 Å². The number of hydrogen-bond acceptors (Lipinski definition) is 5. The number of nitrogens with zero attached hydrogens (tertiary/aromatic N) is 5. The van der Waals surface area contributed by atoms with Crippen LogP contribution in [0.3, 0.4) is 0 Å². The zero-order valence-electron chi connectivity index (χ0n) is 17.3. The van der Waals surface area contributed by atoms with Gasteiger partial charge >= 0.3 is 0 Å². The maximum atomic E-state index is 14.2. The first-order chi connectivity index (χ1) is 15.7. The first-order valence-electron chi connectivity index (χ1n) is 10.5. The van der Waals surface area contributed by atoms with Gasteiger partial charge in [0.1, 0.15) is 11.6 Å². The number of anilines is 2. The molecule has 5 nitrogen and oxygen atoms in total. The highest BCUT2D eigenvalue weighted by atomic mass is 35.5. The molecule has 2 aromatic heterocycles. The Bertz CT molecular complexity index is 1210. The predicted octanol–water partition coefficient (Wildman–Crippen LogP) is 5.32.